The van der Waals surface area contributed by atoms with Crippen LogP contribution in [0.3, 0.4) is 0 Å². The standard InChI is InChI=1S/C25H29ClN4O5S/c1-16-13-23(17(2)12-19(16)26)36(31,32)30-10-8-29(9-11-30)24-7-6-20(27-28-24)18-14-21(33-3)25(35-5)22(15-18)34-4/h6-7,12-15H,8-11H2,1-5H3. The number of ether oxygens (including phenoxy) is 3. The first-order valence-electron chi connectivity index (χ1n) is 11.4. The third-order valence-electron chi connectivity index (χ3n) is 6.25. The van der Waals surface area contributed by atoms with Crippen LogP contribution in [0.15, 0.2) is 41.3 Å². The number of anilines is 1. The van der Waals surface area contributed by atoms with Crippen LogP contribution >= 0.6 is 11.6 Å². The molecule has 0 spiro atoms. The molecule has 0 unspecified atom stereocenters. The molecule has 1 aromatic heterocycles. The molecule has 9 nitrogen and oxygen atoms in total. The summed E-state index contributed by atoms with van der Waals surface area (Å²) in [5, 5.41) is 9.34. The summed E-state index contributed by atoms with van der Waals surface area (Å²) in [7, 11) is 1.05. The number of aromatic nitrogens is 2. The topological polar surface area (TPSA) is 94.1 Å². The molecule has 2 heterocycles. The lowest BCUT2D eigenvalue weighted by Gasteiger charge is -2.34. The Morgan fingerprint density at radius 2 is 1.47 bits per heavy atom. The van der Waals surface area contributed by atoms with E-state index in [2.05, 4.69) is 10.2 Å². The Hall–Kier alpha value is -3.08. The summed E-state index contributed by atoms with van der Waals surface area (Å²) in [4.78, 5) is 2.32. The summed E-state index contributed by atoms with van der Waals surface area (Å²) in [6, 6.07) is 10.7. The fraction of sp³-hybridized carbons (Fsp3) is 0.360. The highest BCUT2D eigenvalue weighted by molar-refractivity contribution is 7.89. The summed E-state index contributed by atoms with van der Waals surface area (Å²) in [5.41, 5.74) is 2.80. The Kier molecular flexibility index (Phi) is 7.58. The van der Waals surface area contributed by atoms with Crippen molar-refractivity contribution in [3.8, 4) is 28.5 Å². The molecule has 1 fully saturated rings. The monoisotopic (exact) mass is 532 g/mol. The van der Waals surface area contributed by atoms with Crippen molar-refractivity contribution in [2.24, 2.45) is 0 Å². The second kappa shape index (κ2) is 10.5. The minimum absolute atomic E-state index is 0.298. The molecule has 2 aromatic carbocycles. The van der Waals surface area contributed by atoms with Gasteiger partial charge in [0, 0.05) is 36.8 Å². The number of hydrogen-bond acceptors (Lipinski definition) is 8. The molecule has 192 valence electrons. The highest BCUT2D eigenvalue weighted by Gasteiger charge is 2.30. The van der Waals surface area contributed by atoms with Crippen LogP contribution in [0.2, 0.25) is 5.02 Å². The molecule has 0 N–H and O–H groups in total. The zero-order valence-electron chi connectivity index (χ0n) is 20.9. The predicted octanol–water partition coefficient (Wildman–Crippen LogP) is 3.95. The molecule has 0 radical (unpaired) electrons. The van der Waals surface area contributed by atoms with Gasteiger partial charge in [-0.25, -0.2) is 8.42 Å². The second-order valence-corrected chi connectivity index (χ2v) is 10.8. The fourth-order valence-electron chi connectivity index (χ4n) is 4.21. The number of rotatable bonds is 7. The summed E-state index contributed by atoms with van der Waals surface area (Å²) >= 11 is 6.16. The van der Waals surface area contributed by atoms with E-state index in [4.69, 9.17) is 25.8 Å². The molecule has 1 aliphatic rings. The van der Waals surface area contributed by atoms with E-state index >= 15 is 0 Å². The van der Waals surface area contributed by atoms with Gasteiger partial charge in [0.25, 0.3) is 0 Å². The van der Waals surface area contributed by atoms with Gasteiger partial charge in [0.15, 0.2) is 17.3 Å². The van der Waals surface area contributed by atoms with E-state index in [-0.39, 0.29) is 0 Å². The largest absolute Gasteiger partial charge is 0.493 e. The average Bonchev–Trinajstić information content (AvgIpc) is 2.89. The number of benzene rings is 2. The molecule has 3 aromatic rings. The van der Waals surface area contributed by atoms with Crippen molar-refractivity contribution in [3.05, 3.63) is 52.5 Å². The molecule has 1 aliphatic heterocycles. The molecule has 1 saturated heterocycles. The van der Waals surface area contributed by atoms with Gasteiger partial charge in [-0.1, -0.05) is 11.6 Å². The van der Waals surface area contributed by atoms with Crippen molar-refractivity contribution in [1.29, 1.82) is 0 Å². The number of halogens is 1. The first-order chi connectivity index (χ1) is 17.2. The van der Waals surface area contributed by atoms with Crippen molar-refractivity contribution in [2.75, 3.05) is 52.4 Å². The average molecular weight is 533 g/mol. The maximum absolute atomic E-state index is 13.3. The van der Waals surface area contributed by atoms with Crippen LogP contribution in [-0.2, 0) is 10.0 Å². The molecule has 36 heavy (non-hydrogen) atoms. The molecule has 4 rings (SSSR count). The highest BCUT2D eigenvalue weighted by Crippen LogP contribution is 2.40. The lowest BCUT2D eigenvalue weighted by atomic mass is 10.1. The number of methoxy groups -OCH3 is 3. The van der Waals surface area contributed by atoms with Crippen LogP contribution in [0.1, 0.15) is 11.1 Å². The van der Waals surface area contributed by atoms with E-state index in [1.165, 1.54) is 4.31 Å². The number of hydrogen-bond donors (Lipinski definition) is 0. The smallest absolute Gasteiger partial charge is 0.243 e. The summed E-state index contributed by atoms with van der Waals surface area (Å²) in [5.74, 6) is 2.24. The molecule has 0 bridgehead atoms. The Morgan fingerprint density at radius 1 is 0.833 bits per heavy atom. The molecule has 0 amide bonds. The minimum Gasteiger partial charge on any atom is -0.493 e. The first kappa shape index (κ1) is 26.0. The third-order valence-corrected chi connectivity index (χ3v) is 8.70. The number of aryl methyl sites for hydroxylation is 2. The number of piperazine rings is 1. The van der Waals surface area contributed by atoms with Crippen LogP contribution < -0.4 is 19.1 Å². The third kappa shape index (κ3) is 4.93. The van der Waals surface area contributed by atoms with Crippen LogP contribution in [0.25, 0.3) is 11.3 Å². The molecule has 0 atom stereocenters. The van der Waals surface area contributed by atoms with Gasteiger partial charge in [-0.2, -0.15) is 4.31 Å². The Labute approximate surface area is 216 Å². The molecule has 0 aliphatic carbocycles. The van der Waals surface area contributed by atoms with Crippen molar-refractivity contribution >= 4 is 27.4 Å². The van der Waals surface area contributed by atoms with Crippen molar-refractivity contribution < 1.29 is 22.6 Å². The Balaban J connectivity index is 1.49. The molecule has 11 heteroatoms. The molecule has 0 saturated carbocycles. The summed E-state index contributed by atoms with van der Waals surface area (Å²) in [6.45, 7) is 5.27. The molecular formula is C25H29ClN4O5S. The van der Waals surface area contributed by atoms with E-state index in [0.717, 1.165) is 11.1 Å². The van der Waals surface area contributed by atoms with Crippen molar-refractivity contribution in [3.63, 3.8) is 0 Å². The van der Waals surface area contributed by atoms with Gasteiger partial charge in [0.1, 0.15) is 0 Å². The van der Waals surface area contributed by atoms with Gasteiger partial charge >= 0.3 is 0 Å². The van der Waals surface area contributed by atoms with Crippen LogP contribution in [0.5, 0.6) is 17.2 Å². The number of nitrogens with zero attached hydrogens (tertiary/aromatic N) is 4. The lowest BCUT2D eigenvalue weighted by molar-refractivity contribution is 0.324. The first-order valence-corrected chi connectivity index (χ1v) is 13.2. The maximum Gasteiger partial charge on any atom is 0.243 e. The quantitative estimate of drug-likeness (QED) is 0.451. The van der Waals surface area contributed by atoms with Gasteiger partial charge in [-0.3, -0.25) is 0 Å². The van der Waals surface area contributed by atoms with Gasteiger partial charge in [-0.15, -0.1) is 10.2 Å². The minimum atomic E-state index is -3.62. The normalized spacial score (nSPS) is 14.6. The predicted molar refractivity (Wildman–Crippen MR) is 139 cm³/mol. The van der Waals surface area contributed by atoms with E-state index in [1.54, 1.807) is 47.3 Å². The van der Waals surface area contributed by atoms with Gasteiger partial charge in [0.05, 0.1) is 31.9 Å². The summed E-state index contributed by atoms with van der Waals surface area (Å²) in [6.07, 6.45) is 0. The molecular weight excluding hydrogens is 504 g/mol. The van der Waals surface area contributed by atoms with Crippen LogP contribution in [0, 0.1) is 13.8 Å². The Morgan fingerprint density at radius 3 is 2.00 bits per heavy atom. The van der Waals surface area contributed by atoms with Crippen molar-refractivity contribution in [1.82, 2.24) is 14.5 Å². The summed E-state index contributed by atoms with van der Waals surface area (Å²) < 4.78 is 44.3. The van der Waals surface area contributed by atoms with Gasteiger partial charge in [-0.05, 0) is 61.4 Å². The highest BCUT2D eigenvalue weighted by atomic mass is 35.5. The van der Waals surface area contributed by atoms with E-state index < -0.39 is 10.0 Å². The lowest BCUT2D eigenvalue weighted by Crippen LogP contribution is -2.49. The van der Waals surface area contributed by atoms with E-state index in [1.807, 2.05) is 29.2 Å². The van der Waals surface area contributed by atoms with E-state index in [9.17, 15) is 8.42 Å². The van der Waals surface area contributed by atoms with Crippen LogP contribution in [0.4, 0.5) is 5.82 Å². The van der Waals surface area contributed by atoms with Gasteiger partial charge in [0.2, 0.25) is 15.8 Å². The Bertz CT molecular complexity index is 1330. The zero-order chi connectivity index (χ0) is 26.0. The fourth-order valence-corrected chi connectivity index (χ4v) is 6.14. The SMILES string of the molecule is COc1cc(-c2ccc(N3CCN(S(=O)(=O)c4cc(C)c(Cl)cc4C)CC3)nn2)cc(OC)c1OC. The van der Waals surface area contributed by atoms with Crippen molar-refractivity contribution in [2.45, 2.75) is 18.7 Å². The zero-order valence-corrected chi connectivity index (χ0v) is 22.5. The number of sulfonamides is 1. The maximum atomic E-state index is 13.3. The van der Waals surface area contributed by atoms with E-state index in [0.29, 0.717) is 70.4 Å². The van der Waals surface area contributed by atoms with Gasteiger partial charge < -0.3 is 19.1 Å². The second-order valence-electron chi connectivity index (χ2n) is 8.45. The van der Waals surface area contributed by atoms with Crippen LogP contribution in [-0.4, -0.2) is 70.4 Å².